The van der Waals surface area contributed by atoms with Gasteiger partial charge in [0.05, 0.1) is 0 Å². The molecule has 0 aliphatic carbocycles. The molecule has 0 amide bonds. The van der Waals surface area contributed by atoms with Crippen molar-refractivity contribution >= 4 is 11.6 Å². The van der Waals surface area contributed by atoms with Gasteiger partial charge in [-0.25, -0.2) is 4.79 Å². The lowest BCUT2D eigenvalue weighted by Gasteiger charge is -2.16. The van der Waals surface area contributed by atoms with Gasteiger partial charge < -0.3 is 10.3 Å². The largest absolute Gasteiger partial charge is 0.346 e. The van der Waals surface area contributed by atoms with E-state index in [2.05, 4.69) is 15.3 Å². The molecule has 2 rings (SSSR count). The number of fused-ring (bicyclic) bond motifs is 1. The zero-order valence-electron chi connectivity index (χ0n) is 6.35. The first-order valence-electron chi connectivity index (χ1n) is 3.75. The van der Waals surface area contributed by atoms with Crippen LogP contribution in [0.1, 0.15) is 11.3 Å². The Bertz CT molecular complexity index is 360. The Labute approximate surface area is 74.0 Å². The number of H-pyrrole nitrogens is 1. The van der Waals surface area contributed by atoms with Gasteiger partial charge in [0.25, 0.3) is 0 Å². The molecule has 0 aromatic carbocycles. The zero-order valence-corrected chi connectivity index (χ0v) is 7.11. The Morgan fingerprint density at radius 1 is 1.50 bits per heavy atom. The molecule has 1 aromatic rings. The van der Waals surface area contributed by atoms with Gasteiger partial charge >= 0.3 is 5.69 Å². The van der Waals surface area contributed by atoms with Crippen molar-refractivity contribution in [3.05, 3.63) is 26.9 Å². The van der Waals surface area contributed by atoms with Crippen LogP contribution in [-0.2, 0) is 13.0 Å². The number of nitrogens with zero attached hydrogens (tertiary/aromatic N) is 1. The summed E-state index contributed by atoms with van der Waals surface area (Å²) in [6.07, 6.45) is 0.831. The van der Waals surface area contributed by atoms with Crippen LogP contribution in [0.2, 0.25) is 5.15 Å². The van der Waals surface area contributed by atoms with Gasteiger partial charge in [-0.1, -0.05) is 11.6 Å². The Kier molecular flexibility index (Phi) is 1.86. The fourth-order valence-corrected chi connectivity index (χ4v) is 1.63. The van der Waals surface area contributed by atoms with Crippen LogP contribution < -0.4 is 11.0 Å². The summed E-state index contributed by atoms with van der Waals surface area (Å²) >= 11 is 5.79. The maximum absolute atomic E-state index is 10.9. The Balaban J connectivity index is 2.60. The van der Waals surface area contributed by atoms with Crippen LogP contribution in [0.5, 0.6) is 0 Å². The van der Waals surface area contributed by atoms with Gasteiger partial charge in [-0.3, -0.25) is 0 Å². The van der Waals surface area contributed by atoms with Gasteiger partial charge in [0, 0.05) is 17.8 Å². The molecule has 1 aromatic heterocycles. The summed E-state index contributed by atoms with van der Waals surface area (Å²) in [7, 11) is 0. The smallest absolute Gasteiger partial charge is 0.311 e. The van der Waals surface area contributed by atoms with Crippen molar-refractivity contribution < 1.29 is 0 Å². The molecule has 2 heterocycles. The van der Waals surface area contributed by atoms with Crippen LogP contribution in [0.15, 0.2) is 4.79 Å². The average molecular weight is 186 g/mol. The third kappa shape index (κ3) is 1.23. The van der Waals surface area contributed by atoms with Crippen molar-refractivity contribution in [2.75, 3.05) is 6.54 Å². The molecule has 0 spiro atoms. The highest BCUT2D eigenvalue weighted by Crippen LogP contribution is 2.16. The third-order valence-corrected chi connectivity index (χ3v) is 2.24. The highest BCUT2D eigenvalue weighted by atomic mass is 35.5. The molecule has 0 bridgehead atoms. The van der Waals surface area contributed by atoms with Gasteiger partial charge in [-0.15, -0.1) is 0 Å². The van der Waals surface area contributed by atoms with Gasteiger partial charge in [0.1, 0.15) is 5.15 Å². The summed E-state index contributed by atoms with van der Waals surface area (Å²) in [4.78, 5) is 17.2. The highest BCUT2D eigenvalue weighted by molar-refractivity contribution is 6.30. The average Bonchev–Trinajstić information content (AvgIpc) is 2.04. The van der Waals surface area contributed by atoms with Crippen LogP contribution in [0.3, 0.4) is 0 Å². The maximum Gasteiger partial charge on any atom is 0.346 e. The first-order chi connectivity index (χ1) is 5.77. The van der Waals surface area contributed by atoms with E-state index >= 15 is 0 Å². The van der Waals surface area contributed by atoms with E-state index in [1.54, 1.807) is 0 Å². The first kappa shape index (κ1) is 7.76. The number of halogens is 1. The molecule has 1 aliphatic rings. The topological polar surface area (TPSA) is 57.8 Å². The molecule has 2 N–H and O–H groups in total. The SMILES string of the molecule is O=c1nc(Cl)c2c([nH]1)CNCC2. The quantitative estimate of drug-likeness (QED) is 0.563. The van der Waals surface area contributed by atoms with Crippen molar-refractivity contribution in [2.24, 2.45) is 0 Å². The molecular formula is C7H8ClN3O. The van der Waals surface area contributed by atoms with E-state index in [9.17, 15) is 4.79 Å². The molecule has 0 saturated carbocycles. The molecule has 12 heavy (non-hydrogen) atoms. The summed E-state index contributed by atoms with van der Waals surface area (Å²) in [5, 5.41) is 3.48. The van der Waals surface area contributed by atoms with Crippen LogP contribution >= 0.6 is 11.6 Å². The summed E-state index contributed by atoms with van der Waals surface area (Å²) < 4.78 is 0. The Morgan fingerprint density at radius 2 is 2.33 bits per heavy atom. The lowest BCUT2D eigenvalue weighted by Crippen LogP contribution is -2.28. The van der Waals surface area contributed by atoms with Gasteiger partial charge in [0.15, 0.2) is 0 Å². The Morgan fingerprint density at radius 3 is 3.17 bits per heavy atom. The second kappa shape index (κ2) is 2.88. The first-order valence-corrected chi connectivity index (χ1v) is 4.13. The summed E-state index contributed by atoms with van der Waals surface area (Å²) in [5.41, 5.74) is 1.46. The van der Waals surface area contributed by atoms with Crippen molar-refractivity contribution in [2.45, 2.75) is 13.0 Å². The predicted octanol–water partition coefficient (Wildman–Crippen LogP) is 0.0690. The van der Waals surface area contributed by atoms with Crippen molar-refractivity contribution in [1.82, 2.24) is 15.3 Å². The molecule has 5 heteroatoms. The lowest BCUT2D eigenvalue weighted by atomic mass is 10.1. The Hall–Kier alpha value is -0.870. The van der Waals surface area contributed by atoms with Gasteiger partial charge in [-0.05, 0) is 13.0 Å². The van der Waals surface area contributed by atoms with Crippen molar-refractivity contribution in [1.29, 1.82) is 0 Å². The molecule has 0 fully saturated rings. The molecule has 64 valence electrons. The number of aromatic amines is 1. The van der Waals surface area contributed by atoms with Crippen LogP contribution in [0.4, 0.5) is 0 Å². The van der Waals surface area contributed by atoms with E-state index in [0.29, 0.717) is 11.7 Å². The van der Waals surface area contributed by atoms with Crippen LogP contribution in [0.25, 0.3) is 0 Å². The number of hydrogen-bond acceptors (Lipinski definition) is 3. The molecule has 4 nitrogen and oxygen atoms in total. The highest BCUT2D eigenvalue weighted by Gasteiger charge is 2.13. The molecule has 0 saturated heterocycles. The van der Waals surface area contributed by atoms with Crippen molar-refractivity contribution in [3.63, 3.8) is 0 Å². The summed E-state index contributed by atoms with van der Waals surface area (Å²) in [6, 6.07) is 0. The number of aromatic nitrogens is 2. The summed E-state index contributed by atoms with van der Waals surface area (Å²) in [5.74, 6) is 0. The van der Waals surface area contributed by atoms with Gasteiger partial charge in [-0.2, -0.15) is 4.98 Å². The van der Waals surface area contributed by atoms with E-state index in [-0.39, 0.29) is 5.69 Å². The second-order valence-corrected chi connectivity index (χ2v) is 3.07. The normalized spacial score (nSPS) is 15.8. The second-order valence-electron chi connectivity index (χ2n) is 2.72. The molecule has 0 radical (unpaired) electrons. The van der Waals surface area contributed by atoms with Crippen molar-refractivity contribution in [3.8, 4) is 0 Å². The molecular weight excluding hydrogens is 178 g/mol. The predicted molar refractivity (Wildman–Crippen MR) is 45.3 cm³/mol. The minimum atomic E-state index is -0.373. The minimum Gasteiger partial charge on any atom is -0.311 e. The van der Waals surface area contributed by atoms with E-state index in [0.717, 1.165) is 24.2 Å². The summed E-state index contributed by atoms with van der Waals surface area (Å²) in [6.45, 7) is 1.56. The fourth-order valence-electron chi connectivity index (χ4n) is 1.35. The third-order valence-electron chi connectivity index (χ3n) is 1.92. The number of hydrogen-bond donors (Lipinski definition) is 2. The van der Waals surface area contributed by atoms with Crippen LogP contribution in [-0.4, -0.2) is 16.5 Å². The lowest BCUT2D eigenvalue weighted by molar-refractivity contribution is 0.619. The van der Waals surface area contributed by atoms with E-state index < -0.39 is 0 Å². The van der Waals surface area contributed by atoms with Crippen LogP contribution in [0, 0.1) is 0 Å². The standard InChI is InChI=1S/C7H8ClN3O/c8-6-4-1-2-9-3-5(4)10-7(12)11-6/h9H,1-3H2,(H,10,11,12). The molecule has 1 aliphatic heterocycles. The number of rotatable bonds is 0. The molecule has 0 atom stereocenters. The maximum atomic E-state index is 10.9. The fraction of sp³-hybridized carbons (Fsp3) is 0.429. The monoisotopic (exact) mass is 185 g/mol. The van der Waals surface area contributed by atoms with E-state index in [1.165, 1.54) is 0 Å². The van der Waals surface area contributed by atoms with Gasteiger partial charge in [0.2, 0.25) is 0 Å². The van der Waals surface area contributed by atoms with E-state index in [4.69, 9.17) is 11.6 Å². The molecule has 0 unspecified atom stereocenters. The van der Waals surface area contributed by atoms with E-state index in [1.807, 2.05) is 0 Å². The zero-order chi connectivity index (χ0) is 8.55. The number of nitrogens with one attached hydrogen (secondary N) is 2. The minimum absolute atomic E-state index is 0.343.